The molecule has 1 N–H and O–H groups in total. The molecular formula is C35H32BrN5O2S3. The number of benzene rings is 4. The summed E-state index contributed by atoms with van der Waals surface area (Å²) >= 11 is 8.16. The van der Waals surface area contributed by atoms with Crippen molar-refractivity contribution in [2.45, 2.75) is 48.0 Å². The number of halogens is 1. The van der Waals surface area contributed by atoms with E-state index in [1.165, 1.54) is 22.9 Å². The van der Waals surface area contributed by atoms with Crippen LogP contribution in [0.2, 0.25) is 0 Å². The lowest BCUT2D eigenvalue weighted by molar-refractivity contribution is -0.113. The number of thioether (sulfide) groups is 2. The van der Waals surface area contributed by atoms with Crippen LogP contribution in [0.25, 0.3) is 15.9 Å². The van der Waals surface area contributed by atoms with Crippen LogP contribution < -0.4 is 10.1 Å². The lowest BCUT2D eigenvalue weighted by atomic mass is 9.87. The van der Waals surface area contributed by atoms with Gasteiger partial charge in [-0.1, -0.05) is 103 Å². The number of nitrogens with one attached hydrogen (secondary N) is 1. The molecule has 0 spiro atoms. The zero-order chi connectivity index (χ0) is 32.1. The van der Waals surface area contributed by atoms with Crippen LogP contribution in [0.1, 0.15) is 37.7 Å². The van der Waals surface area contributed by atoms with E-state index in [0.29, 0.717) is 11.0 Å². The molecule has 0 unspecified atom stereocenters. The van der Waals surface area contributed by atoms with Crippen LogP contribution in [0.15, 0.2) is 111 Å². The van der Waals surface area contributed by atoms with Gasteiger partial charge in [-0.05, 0) is 71.1 Å². The van der Waals surface area contributed by atoms with Crippen molar-refractivity contribution in [3.63, 3.8) is 0 Å². The van der Waals surface area contributed by atoms with Crippen molar-refractivity contribution in [2.24, 2.45) is 0 Å². The van der Waals surface area contributed by atoms with Crippen LogP contribution in [0, 0.1) is 0 Å². The SMILES string of the molecule is CC(C)(C)c1ccc(OCc2nnc(SCC(=O)Nc3ccc4nc(SCc5ccc(Br)cc5)sc4c3)n2-c2ccccc2)cc1. The van der Waals surface area contributed by atoms with Gasteiger partial charge in [0, 0.05) is 21.6 Å². The zero-order valence-corrected chi connectivity index (χ0v) is 29.6. The van der Waals surface area contributed by atoms with E-state index in [1.807, 2.05) is 77.4 Å². The highest BCUT2D eigenvalue weighted by Gasteiger charge is 2.18. The number of hydrogen-bond acceptors (Lipinski definition) is 8. The number of carbonyl (C=O) groups excluding carboxylic acids is 1. The Morgan fingerprint density at radius 2 is 1.70 bits per heavy atom. The molecule has 4 aromatic carbocycles. The summed E-state index contributed by atoms with van der Waals surface area (Å²) in [5, 5.41) is 12.5. The van der Waals surface area contributed by atoms with Gasteiger partial charge >= 0.3 is 0 Å². The molecule has 2 heterocycles. The number of para-hydroxylation sites is 1. The molecule has 1 amide bonds. The minimum absolute atomic E-state index is 0.0714. The van der Waals surface area contributed by atoms with E-state index < -0.39 is 0 Å². The van der Waals surface area contributed by atoms with Gasteiger partial charge in [0.2, 0.25) is 5.91 Å². The topological polar surface area (TPSA) is 81.9 Å². The summed E-state index contributed by atoms with van der Waals surface area (Å²) in [5.74, 6) is 2.31. The molecule has 0 radical (unpaired) electrons. The third-order valence-electron chi connectivity index (χ3n) is 7.06. The fraction of sp³-hybridized carbons (Fsp3) is 0.200. The maximum atomic E-state index is 13.0. The van der Waals surface area contributed by atoms with Gasteiger partial charge < -0.3 is 10.1 Å². The second-order valence-corrected chi connectivity index (χ2v) is 15.7. The van der Waals surface area contributed by atoms with E-state index in [1.54, 1.807) is 23.1 Å². The molecule has 6 aromatic rings. The van der Waals surface area contributed by atoms with Gasteiger partial charge in [-0.15, -0.1) is 21.5 Å². The summed E-state index contributed by atoms with van der Waals surface area (Å²) in [5.41, 5.74) is 5.12. The number of ether oxygens (including phenoxy) is 1. The van der Waals surface area contributed by atoms with Gasteiger partial charge in [-0.25, -0.2) is 4.98 Å². The molecule has 46 heavy (non-hydrogen) atoms. The van der Waals surface area contributed by atoms with Crippen LogP contribution in [0.3, 0.4) is 0 Å². The third-order valence-corrected chi connectivity index (χ3v) is 10.8. The van der Waals surface area contributed by atoms with Gasteiger partial charge in [-0.3, -0.25) is 9.36 Å². The van der Waals surface area contributed by atoms with Gasteiger partial charge in [0.1, 0.15) is 12.4 Å². The highest BCUT2D eigenvalue weighted by Crippen LogP contribution is 2.33. The Morgan fingerprint density at radius 1 is 0.935 bits per heavy atom. The van der Waals surface area contributed by atoms with Gasteiger partial charge in [0.15, 0.2) is 15.3 Å². The van der Waals surface area contributed by atoms with E-state index in [2.05, 4.69) is 76.5 Å². The van der Waals surface area contributed by atoms with Crippen LogP contribution in [0.5, 0.6) is 5.75 Å². The Balaban J connectivity index is 1.09. The summed E-state index contributed by atoms with van der Waals surface area (Å²) in [4.78, 5) is 17.8. The second-order valence-electron chi connectivity index (χ2n) is 11.5. The Kier molecular flexibility index (Phi) is 10.1. The van der Waals surface area contributed by atoms with E-state index in [9.17, 15) is 4.79 Å². The van der Waals surface area contributed by atoms with Crippen LogP contribution in [-0.4, -0.2) is 31.4 Å². The number of carbonyl (C=O) groups is 1. The molecular weight excluding hydrogens is 699 g/mol. The van der Waals surface area contributed by atoms with Crippen LogP contribution in [0.4, 0.5) is 5.69 Å². The smallest absolute Gasteiger partial charge is 0.234 e. The lowest BCUT2D eigenvalue weighted by Gasteiger charge is -2.19. The van der Waals surface area contributed by atoms with Gasteiger partial charge in [-0.2, -0.15) is 0 Å². The Labute approximate surface area is 289 Å². The number of aromatic nitrogens is 4. The number of rotatable bonds is 11. The van der Waals surface area contributed by atoms with Crippen molar-refractivity contribution in [3.05, 3.63) is 118 Å². The molecule has 6 rings (SSSR count). The molecule has 0 atom stereocenters. The molecule has 11 heteroatoms. The minimum Gasteiger partial charge on any atom is -0.486 e. The number of amides is 1. The van der Waals surface area contributed by atoms with E-state index in [4.69, 9.17) is 9.72 Å². The predicted octanol–water partition coefficient (Wildman–Crippen LogP) is 9.54. The van der Waals surface area contributed by atoms with Crippen molar-refractivity contribution in [3.8, 4) is 11.4 Å². The van der Waals surface area contributed by atoms with E-state index in [-0.39, 0.29) is 23.7 Å². The summed E-state index contributed by atoms with van der Waals surface area (Å²) in [7, 11) is 0. The Morgan fingerprint density at radius 3 is 2.43 bits per heavy atom. The molecule has 0 aliphatic heterocycles. The quantitative estimate of drug-likeness (QED) is 0.133. The molecule has 0 aliphatic carbocycles. The lowest BCUT2D eigenvalue weighted by Crippen LogP contribution is -2.14. The third kappa shape index (κ3) is 8.19. The van der Waals surface area contributed by atoms with Crippen molar-refractivity contribution in [2.75, 3.05) is 11.1 Å². The van der Waals surface area contributed by atoms with E-state index in [0.717, 1.165) is 41.9 Å². The molecule has 0 fully saturated rings. The first-order chi connectivity index (χ1) is 22.2. The van der Waals surface area contributed by atoms with Crippen molar-refractivity contribution in [1.29, 1.82) is 0 Å². The Bertz CT molecular complexity index is 1940. The summed E-state index contributed by atoms with van der Waals surface area (Å²) < 4.78 is 11.1. The fourth-order valence-corrected chi connectivity index (χ4v) is 7.72. The van der Waals surface area contributed by atoms with Gasteiger partial charge in [0.25, 0.3) is 0 Å². The monoisotopic (exact) mass is 729 g/mol. The fourth-order valence-electron chi connectivity index (χ4n) is 4.62. The molecule has 234 valence electrons. The summed E-state index contributed by atoms with van der Waals surface area (Å²) in [6, 6.07) is 32.2. The maximum Gasteiger partial charge on any atom is 0.234 e. The molecule has 0 saturated carbocycles. The first-order valence-electron chi connectivity index (χ1n) is 14.6. The average molecular weight is 731 g/mol. The standard InChI is InChI=1S/C35H32BrN5O2S3/c1-35(2,3)24-11-16-28(17-12-24)43-20-31-39-40-33(41(31)27-7-5-4-6-8-27)44-22-32(42)37-26-15-18-29-30(19-26)46-34(38-29)45-21-23-9-13-25(36)14-10-23/h4-19H,20-22H2,1-3H3,(H,37,42). The second kappa shape index (κ2) is 14.4. The number of hydrogen-bond donors (Lipinski definition) is 1. The Hall–Kier alpha value is -3.64. The number of anilines is 1. The number of nitrogens with zero attached hydrogens (tertiary/aromatic N) is 4. The van der Waals surface area contributed by atoms with Gasteiger partial charge in [0.05, 0.1) is 16.0 Å². The van der Waals surface area contributed by atoms with Crippen LogP contribution in [-0.2, 0) is 22.6 Å². The maximum absolute atomic E-state index is 13.0. The zero-order valence-electron chi connectivity index (χ0n) is 25.6. The molecule has 0 bridgehead atoms. The van der Waals surface area contributed by atoms with Crippen molar-refractivity contribution in [1.82, 2.24) is 19.7 Å². The highest BCUT2D eigenvalue weighted by atomic mass is 79.9. The van der Waals surface area contributed by atoms with Crippen molar-refractivity contribution >= 4 is 72.6 Å². The normalized spacial score (nSPS) is 11.6. The van der Waals surface area contributed by atoms with Crippen molar-refractivity contribution < 1.29 is 9.53 Å². The first kappa shape index (κ1) is 32.3. The van der Waals surface area contributed by atoms with Crippen LogP contribution >= 0.6 is 50.8 Å². The summed E-state index contributed by atoms with van der Waals surface area (Å²) in [6.45, 7) is 6.80. The number of thiazole rings is 1. The minimum atomic E-state index is -0.127. The largest absolute Gasteiger partial charge is 0.486 e. The molecule has 0 saturated heterocycles. The molecule has 0 aliphatic rings. The molecule has 7 nitrogen and oxygen atoms in total. The number of fused-ring (bicyclic) bond motifs is 1. The molecule has 2 aromatic heterocycles. The summed E-state index contributed by atoms with van der Waals surface area (Å²) in [6.07, 6.45) is 0. The first-order valence-corrected chi connectivity index (χ1v) is 18.2. The highest BCUT2D eigenvalue weighted by molar-refractivity contribution is 9.10. The average Bonchev–Trinajstić information content (AvgIpc) is 3.66. The van der Waals surface area contributed by atoms with E-state index >= 15 is 0 Å². The predicted molar refractivity (Wildman–Crippen MR) is 194 cm³/mol.